The highest BCUT2D eigenvalue weighted by atomic mass is 19.4. The lowest BCUT2D eigenvalue weighted by atomic mass is 10.2. The number of carbonyl (C=O) groups is 1. The van der Waals surface area contributed by atoms with Crippen LogP contribution < -0.4 is 5.32 Å². The molecule has 3 aromatic rings. The molecule has 1 aromatic carbocycles. The van der Waals surface area contributed by atoms with Crippen LogP contribution in [0.2, 0.25) is 0 Å². The van der Waals surface area contributed by atoms with E-state index in [1.807, 2.05) is 0 Å². The number of hydrogen-bond acceptors (Lipinski definition) is 3. The molecule has 0 radical (unpaired) electrons. The number of carbonyl (C=O) groups excluding carboxylic acids is 1. The third-order valence-electron chi connectivity index (χ3n) is 3.66. The number of pyridine rings is 1. The lowest BCUT2D eigenvalue weighted by Gasteiger charge is -2.12. The van der Waals surface area contributed by atoms with Gasteiger partial charge in [0.25, 0.3) is 5.91 Å². The van der Waals surface area contributed by atoms with Crippen molar-refractivity contribution in [3.8, 4) is 5.69 Å². The number of aryl methyl sites for hydroxylation is 2. The van der Waals surface area contributed by atoms with Crippen molar-refractivity contribution < 1.29 is 18.0 Å². The third kappa shape index (κ3) is 3.74. The van der Waals surface area contributed by atoms with Crippen LogP contribution in [0.15, 0.2) is 48.7 Å². The number of hydrogen-bond donors (Lipinski definition) is 1. The van der Waals surface area contributed by atoms with Crippen molar-refractivity contribution in [1.29, 1.82) is 0 Å². The Labute approximate surface area is 147 Å². The maximum Gasteiger partial charge on any atom is 0.416 e. The monoisotopic (exact) mass is 360 g/mol. The lowest BCUT2D eigenvalue weighted by Crippen LogP contribution is -2.15. The number of halogens is 3. The molecule has 2 aromatic heterocycles. The highest BCUT2D eigenvalue weighted by Gasteiger charge is 2.30. The van der Waals surface area contributed by atoms with Crippen LogP contribution in [0.1, 0.15) is 27.3 Å². The van der Waals surface area contributed by atoms with Crippen molar-refractivity contribution in [3.05, 3.63) is 71.2 Å². The van der Waals surface area contributed by atoms with Gasteiger partial charge in [-0.05, 0) is 44.2 Å². The predicted molar refractivity (Wildman–Crippen MR) is 90.2 cm³/mol. The number of nitrogens with one attached hydrogen (secondary N) is 1. The van der Waals surface area contributed by atoms with Gasteiger partial charge in [-0.2, -0.15) is 18.3 Å². The van der Waals surface area contributed by atoms with Gasteiger partial charge >= 0.3 is 6.18 Å². The number of aromatic nitrogens is 3. The van der Waals surface area contributed by atoms with Crippen LogP contribution in [-0.2, 0) is 6.18 Å². The van der Waals surface area contributed by atoms with Gasteiger partial charge in [-0.1, -0.05) is 6.07 Å². The van der Waals surface area contributed by atoms with Crippen LogP contribution >= 0.6 is 0 Å². The zero-order valence-electron chi connectivity index (χ0n) is 14.0. The quantitative estimate of drug-likeness (QED) is 0.763. The maximum absolute atomic E-state index is 12.9. The zero-order valence-corrected chi connectivity index (χ0v) is 14.0. The molecule has 2 heterocycles. The molecule has 1 amide bonds. The zero-order chi connectivity index (χ0) is 18.9. The standard InChI is InChI=1S/C18H15F3N4O/c1-11-6-7-13(10-22-11)17(26)23-16-8-12(2)24-25(16)15-5-3-4-14(9-15)18(19,20)21/h3-10H,1-2H3,(H,23,26). The van der Waals surface area contributed by atoms with E-state index in [0.717, 1.165) is 17.8 Å². The van der Waals surface area contributed by atoms with E-state index >= 15 is 0 Å². The molecule has 0 aliphatic rings. The second-order valence-electron chi connectivity index (χ2n) is 5.77. The molecule has 26 heavy (non-hydrogen) atoms. The summed E-state index contributed by atoms with van der Waals surface area (Å²) in [5.74, 6) is -0.155. The fourth-order valence-electron chi connectivity index (χ4n) is 2.39. The Balaban J connectivity index is 1.94. The number of alkyl halides is 3. The molecule has 1 N–H and O–H groups in total. The fraction of sp³-hybridized carbons (Fsp3) is 0.167. The van der Waals surface area contributed by atoms with E-state index < -0.39 is 17.6 Å². The van der Waals surface area contributed by atoms with E-state index in [1.165, 1.54) is 23.0 Å². The normalized spacial score (nSPS) is 11.4. The van der Waals surface area contributed by atoms with Crippen LogP contribution in [0.25, 0.3) is 5.69 Å². The summed E-state index contributed by atoms with van der Waals surface area (Å²) < 4.78 is 40.1. The van der Waals surface area contributed by atoms with Gasteiger partial charge in [0, 0.05) is 18.0 Å². The fourth-order valence-corrected chi connectivity index (χ4v) is 2.39. The average molecular weight is 360 g/mol. The molecular formula is C18H15F3N4O. The van der Waals surface area contributed by atoms with Crippen molar-refractivity contribution >= 4 is 11.7 Å². The van der Waals surface area contributed by atoms with Gasteiger partial charge in [-0.15, -0.1) is 0 Å². The van der Waals surface area contributed by atoms with E-state index in [1.54, 1.807) is 32.0 Å². The first-order valence-corrected chi connectivity index (χ1v) is 7.72. The van der Waals surface area contributed by atoms with Gasteiger partial charge in [0.2, 0.25) is 0 Å². The Kier molecular flexibility index (Phi) is 4.50. The van der Waals surface area contributed by atoms with E-state index in [9.17, 15) is 18.0 Å². The minimum atomic E-state index is -4.46. The molecule has 0 aliphatic heterocycles. The van der Waals surface area contributed by atoms with E-state index in [-0.39, 0.29) is 11.5 Å². The van der Waals surface area contributed by atoms with Gasteiger partial charge in [0.15, 0.2) is 0 Å². The molecule has 0 atom stereocenters. The molecule has 5 nitrogen and oxygen atoms in total. The Morgan fingerprint density at radius 3 is 2.50 bits per heavy atom. The van der Waals surface area contributed by atoms with Crippen LogP contribution in [-0.4, -0.2) is 20.7 Å². The first-order valence-electron chi connectivity index (χ1n) is 7.72. The van der Waals surface area contributed by atoms with Crippen molar-refractivity contribution in [2.45, 2.75) is 20.0 Å². The van der Waals surface area contributed by atoms with Gasteiger partial charge < -0.3 is 5.32 Å². The molecule has 8 heteroatoms. The van der Waals surface area contributed by atoms with Crippen molar-refractivity contribution in [2.75, 3.05) is 5.32 Å². The van der Waals surface area contributed by atoms with Gasteiger partial charge in [0.05, 0.1) is 22.5 Å². The second kappa shape index (κ2) is 6.62. The predicted octanol–water partition coefficient (Wildman–Crippen LogP) is 4.16. The molecule has 0 unspecified atom stereocenters. The number of nitrogens with zero attached hydrogens (tertiary/aromatic N) is 3. The van der Waals surface area contributed by atoms with Crippen LogP contribution in [0.4, 0.5) is 19.0 Å². The van der Waals surface area contributed by atoms with Crippen LogP contribution in [0.3, 0.4) is 0 Å². The minimum absolute atomic E-state index is 0.199. The Morgan fingerprint density at radius 2 is 1.85 bits per heavy atom. The molecule has 3 rings (SSSR count). The summed E-state index contributed by atoms with van der Waals surface area (Å²) in [6, 6.07) is 9.65. The van der Waals surface area contributed by atoms with Crippen molar-refractivity contribution in [1.82, 2.24) is 14.8 Å². The molecule has 0 fully saturated rings. The minimum Gasteiger partial charge on any atom is -0.306 e. The Bertz CT molecular complexity index is 946. The molecule has 0 bridgehead atoms. The first-order chi connectivity index (χ1) is 12.2. The summed E-state index contributed by atoms with van der Waals surface area (Å²) >= 11 is 0. The highest BCUT2D eigenvalue weighted by Crippen LogP contribution is 2.31. The summed E-state index contributed by atoms with van der Waals surface area (Å²) in [5, 5.41) is 6.85. The van der Waals surface area contributed by atoms with E-state index in [2.05, 4.69) is 15.4 Å². The van der Waals surface area contributed by atoms with Crippen LogP contribution in [0.5, 0.6) is 0 Å². The number of amides is 1. The number of anilines is 1. The molecule has 0 aliphatic carbocycles. The smallest absolute Gasteiger partial charge is 0.306 e. The van der Waals surface area contributed by atoms with E-state index in [4.69, 9.17) is 0 Å². The molecule has 0 spiro atoms. The second-order valence-corrected chi connectivity index (χ2v) is 5.77. The average Bonchev–Trinajstić information content (AvgIpc) is 2.95. The van der Waals surface area contributed by atoms with Crippen LogP contribution in [0, 0.1) is 13.8 Å². The molecular weight excluding hydrogens is 345 g/mol. The summed E-state index contributed by atoms with van der Waals surface area (Å²) in [6.07, 6.45) is -3.03. The van der Waals surface area contributed by atoms with E-state index in [0.29, 0.717) is 11.3 Å². The van der Waals surface area contributed by atoms with Gasteiger partial charge in [-0.25, -0.2) is 4.68 Å². The summed E-state index contributed by atoms with van der Waals surface area (Å²) in [7, 11) is 0. The van der Waals surface area contributed by atoms with Gasteiger partial charge in [0.1, 0.15) is 5.82 Å². The lowest BCUT2D eigenvalue weighted by molar-refractivity contribution is -0.137. The molecule has 0 saturated carbocycles. The SMILES string of the molecule is Cc1ccc(C(=O)Nc2cc(C)nn2-c2cccc(C(F)(F)F)c2)cn1. The van der Waals surface area contributed by atoms with Crippen molar-refractivity contribution in [3.63, 3.8) is 0 Å². The number of rotatable bonds is 3. The maximum atomic E-state index is 12.9. The molecule has 134 valence electrons. The summed E-state index contributed by atoms with van der Waals surface area (Å²) in [6.45, 7) is 3.49. The third-order valence-corrected chi connectivity index (χ3v) is 3.66. The van der Waals surface area contributed by atoms with Gasteiger partial charge in [-0.3, -0.25) is 9.78 Å². The molecule has 0 saturated heterocycles. The Hall–Kier alpha value is -3.16. The first kappa shape index (κ1) is 17.7. The topological polar surface area (TPSA) is 59.8 Å². The largest absolute Gasteiger partial charge is 0.416 e. The van der Waals surface area contributed by atoms with Crippen molar-refractivity contribution in [2.24, 2.45) is 0 Å². The Morgan fingerprint density at radius 1 is 1.08 bits per heavy atom. The summed E-state index contributed by atoms with van der Waals surface area (Å²) in [4.78, 5) is 16.4. The summed E-state index contributed by atoms with van der Waals surface area (Å²) in [5.41, 5.74) is 1.07. The highest BCUT2D eigenvalue weighted by molar-refractivity contribution is 6.03. The number of benzene rings is 1.